The number of hydrogen-bond donors (Lipinski definition) is 2. The Labute approximate surface area is 131 Å². The number of fused-ring (bicyclic) bond motifs is 2. The van der Waals surface area contributed by atoms with Gasteiger partial charge in [0.25, 0.3) is 0 Å². The van der Waals surface area contributed by atoms with Gasteiger partial charge in [0, 0.05) is 18.0 Å². The number of aliphatic hydroxyl groups excluding tert-OH is 1. The van der Waals surface area contributed by atoms with Gasteiger partial charge in [0.05, 0.1) is 6.10 Å². The van der Waals surface area contributed by atoms with Gasteiger partial charge in [0.2, 0.25) is 0 Å². The predicted molar refractivity (Wildman–Crippen MR) is 85.0 cm³/mol. The number of carboxylic acid groups (broad SMARTS) is 1. The average molecular weight is 303 g/mol. The molecule has 0 bridgehead atoms. The Balaban J connectivity index is 2.02. The summed E-state index contributed by atoms with van der Waals surface area (Å²) in [5.74, 6) is 0. The van der Waals surface area contributed by atoms with E-state index in [2.05, 4.69) is 32.9 Å². The van der Waals surface area contributed by atoms with E-state index in [0.717, 1.165) is 0 Å². The van der Waals surface area contributed by atoms with Gasteiger partial charge >= 0.3 is 6.09 Å². The van der Waals surface area contributed by atoms with Crippen molar-refractivity contribution >= 4 is 6.09 Å². The lowest BCUT2D eigenvalue weighted by molar-refractivity contribution is -0.0124. The molecule has 1 heterocycles. The topological polar surface area (TPSA) is 60.8 Å². The normalized spacial score (nSPS) is 31.4. The maximum absolute atomic E-state index is 11.6. The number of amides is 1. The van der Waals surface area contributed by atoms with Crippen molar-refractivity contribution in [3.05, 3.63) is 35.4 Å². The molecule has 2 aliphatic rings. The highest BCUT2D eigenvalue weighted by Crippen LogP contribution is 2.50. The number of likely N-dealkylation sites (tertiary alicyclic amines) is 1. The van der Waals surface area contributed by atoms with E-state index in [-0.39, 0.29) is 16.9 Å². The van der Waals surface area contributed by atoms with E-state index >= 15 is 0 Å². The van der Waals surface area contributed by atoms with Crippen LogP contribution in [0.4, 0.5) is 4.79 Å². The molecule has 1 aliphatic carbocycles. The van der Waals surface area contributed by atoms with Crippen LogP contribution in [0.5, 0.6) is 0 Å². The first-order valence-electron chi connectivity index (χ1n) is 8.02. The van der Waals surface area contributed by atoms with Gasteiger partial charge < -0.3 is 15.1 Å². The monoisotopic (exact) mass is 303 g/mol. The van der Waals surface area contributed by atoms with Gasteiger partial charge in [-0.3, -0.25) is 0 Å². The van der Waals surface area contributed by atoms with E-state index in [0.29, 0.717) is 25.8 Å². The molecule has 4 heteroatoms. The Kier molecular flexibility index (Phi) is 3.48. The molecule has 1 amide bonds. The zero-order valence-corrected chi connectivity index (χ0v) is 13.5. The van der Waals surface area contributed by atoms with Gasteiger partial charge in [-0.25, -0.2) is 4.79 Å². The second-order valence-electron chi connectivity index (χ2n) is 7.85. The first-order chi connectivity index (χ1) is 10.3. The van der Waals surface area contributed by atoms with Crippen molar-refractivity contribution in [3.63, 3.8) is 0 Å². The van der Waals surface area contributed by atoms with Crippen LogP contribution >= 0.6 is 0 Å². The van der Waals surface area contributed by atoms with E-state index < -0.39 is 12.2 Å². The number of carbonyl (C=O) groups is 1. The molecule has 1 fully saturated rings. The summed E-state index contributed by atoms with van der Waals surface area (Å²) in [6, 6.07) is 8.15. The van der Waals surface area contributed by atoms with Gasteiger partial charge in [0.15, 0.2) is 0 Å². The maximum atomic E-state index is 11.6. The number of hydrogen-bond acceptors (Lipinski definition) is 2. The lowest BCUT2D eigenvalue weighted by atomic mass is 9.65. The summed E-state index contributed by atoms with van der Waals surface area (Å²) in [5, 5.41) is 20.3. The van der Waals surface area contributed by atoms with Gasteiger partial charge in [-0.1, -0.05) is 45.0 Å². The number of aliphatic hydroxyl groups is 1. The third kappa shape index (κ3) is 2.21. The third-order valence-electron chi connectivity index (χ3n) is 5.58. The van der Waals surface area contributed by atoms with E-state index in [1.54, 1.807) is 4.90 Å². The van der Waals surface area contributed by atoms with E-state index in [9.17, 15) is 15.0 Å². The second-order valence-corrected chi connectivity index (χ2v) is 7.85. The molecule has 1 spiro atoms. The molecule has 1 aliphatic heterocycles. The average Bonchev–Trinajstić information content (AvgIpc) is 2.71. The van der Waals surface area contributed by atoms with Crippen LogP contribution in [0.25, 0.3) is 0 Å². The predicted octanol–water partition coefficient (Wildman–Crippen LogP) is 3.03. The zero-order chi connectivity index (χ0) is 16.1. The molecule has 120 valence electrons. The highest BCUT2D eigenvalue weighted by molar-refractivity contribution is 5.66. The Morgan fingerprint density at radius 2 is 2.00 bits per heavy atom. The number of benzene rings is 1. The van der Waals surface area contributed by atoms with Crippen LogP contribution in [-0.2, 0) is 11.8 Å². The van der Waals surface area contributed by atoms with Crippen LogP contribution in [-0.4, -0.2) is 39.9 Å². The van der Waals surface area contributed by atoms with Crippen molar-refractivity contribution < 1.29 is 15.0 Å². The smallest absolute Gasteiger partial charge is 0.407 e. The Bertz CT molecular complexity index is 592. The number of rotatable bonds is 0. The maximum Gasteiger partial charge on any atom is 0.407 e. The van der Waals surface area contributed by atoms with Gasteiger partial charge in [-0.15, -0.1) is 0 Å². The van der Waals surface area contributed by atoms with Gasteiger partial charge in [0.1, 0.15) is 0 Å². The molecule has 1 aromatic rings. The first kappa shape index (κ1) is 15.3. The van der Waals surface area contributed by atoms with Gasteiger partial charge in [-0.2, -0.15) is 0 Å². The van der Waals surface area contributed by atoms with Crippen molar-refractivity contribution in [2.24, 2.45) is 5.41 Å². The largest absolute Gasteiger partial charge is 0.465 e. The lowest BCUT2D eigenvalue weighted by Gasteiger charge is -2.50. The molecule has 3 rings (SSSR count). The van der Waals surface area contributed by atoms with Crippen LogP contribution in [0.15, 0.2) is 24.3 Å². The summed E-state index contributed by atoms with van der Waals surface area (Å²) in [6.45, 7) is 6.74. The molecule has 0 aromatic heterocycles. The summed E-state index contributed by atoms with van der Waals surface area (Å²) in [7, 11) is 0. The first-order valence-corrected chi connectivity index (χ1v) is 8.02. The molecule has 3 unspecified atom stereocenters. The van der Waals surface area contributed by atoms with Crippen molar-refractivity contribution in [1.29, 1.82) is 0 Å². The number of nitrogens with zero attached hydrogens (tertiary/aromatic N) is 1. The standard InChI is InChI=1S/C18H25NO3/c1-17(2,3)14-11-18(8-9-19(14)16(21)22)13-7-5-4-6-12(13)10-15(18)20/h4-7,14-15,20H,8-11H2,1-3H3,(H,21,22). The summed E-state index contributed by atoms with van der Waals surface area (Å²) in [5.41, 5.74) is 2.00. The van der Waals surface area contributed by atoms with Crippen molar-refractivity contribution in [3.8, 4) is 0 Å². The Morgan fingerprint density at radius 1 is 1.32 bits per heavy atom. The van der Waals surface area contributed by atoms with E-state index in [1.807, 2.05) is 12.1 Å². The van der Waals surface area contributed by atoms with Crippen LogP contribution in [0.2, 0.25) is 0 Å². The highest BCUT2D eigenvalue weighted by atomic mass is 16.4. The summed E-state index contributed by atoms with van der Waals surface area (Å²) in [6.07, 6.45) is 0.812. The molecule has 1 aromatic carbocycles. The molecule has 0 radical (unpaired) electrons. The minimum atomic E-state index is -0.851. The molecule has 4 nitrogen and oxygen atoms in total. The molecular weight excluding hydrogens is 278 g/mol. The molecule has 0 saturated carbocycles. The van der Waals surface area contributed by atoms with Crippen LogP contribution < -0.4 is 0 Å². The lowest BCUT2D eigenvalue weighted by Crippen LogP contribution is -2.57. The molecular formula is C18H25NO3. The summed E-state index contributed by atoms with van der Waals surface area (Å²) >= 11 is 0. The summed E-state index contributed by atoms with van der Waals surface area (Å²) < 4.78 is 0. The fourth-order valence-corrected chi connectivity index (χ4v) is 4.35. The molecule has 22 heavy (non-hydrogen) atoms. The van der Waals surface area contributed by atoms with Crippen LogP contribution in [0.3, 0.4) is 0 Å². The van der Waals surface area contributed by atoms with Crippen LogP contribution in [0.1, 0.15) is 44.7 Å². The van der Waals surface area contributed by atoms with Gasteiger partial charge in [-0.05, 0) is 35.8 Å². The Hall–Kier alpha value is -1.55. The van der Waals surface area contributed by atoms with Crippen LogP contribution in [0, 0.1) is 5.41 Å². The Morgan fingerprint density at radius 3 is 2.64 bits per heavy atom. The molecule has 3 atom stereocenters. The van der Waals surface area contributed by atoms with Crippen molar-refractivity contribution in [2.45, 2.75) is 57.6 Å². The second kappa shape index (κ2) is 4.98. The fourth-order valence-electron chi connectivity index (χ4n) is 4.35. The highest BCUT2D eigenvalue weighted by Gasteiger charge is 2.53. The third-order valence-corrected chi connectivity index (χ3v) is 5.58. The minimum Gasteiger partial charge on any atom is -0.465 e. The molecule has 2 N–H and O–H groups in total. The minimum absolute atomic E-state index is 0.0837. The zero-order valence-electron chi connectivity index (χ0n) is 13.5. The molecule has 1 saturated heterocycles. The SMILES string of the molecule is CC(C)(C)C1CC2(CCN1C(=O)O)c1ccccc1CC2O. The number of piperidine rings is 1. The fraction of sp³-hybridized carbons (Fsp3) is 0.611. The van der Waals surface area contributed by atoms with Crippen molar-refractivity contribution in [2.75, 3.05) is 6.54 Å². The van der Waals surface area contributed by atoms with E-state index in [4.69, 9.17) is 0 Å². The van der Waals surface area contributed by atoms with E-state index in [1.165, 1.54) is 11.1 Å². The summed E-state index contributed by atoms with van der Waals surface area (Å²) in [4.78, 5) is 13.2. The quantitative estimate of drug-likeness (QED) is 0.774. The van der Waals surface area contributed by atoms with Crippen molar-refractivity contribution in [1.82, 2.24) is 4.90 Å².